The summed E-state index contributed by atoms with van der Waals surface area (Å²) in [5.74, 6) is 2.97. The summed E-state index contributed by atoms with van der Waals surface area (Å²) in [6.07, 6.45) is 2.92. The third-order valence-corrected chi connectivity index (χ3v) is 7.64. The fraction of sp³-hybridized carbons (Fsp3) is 0.444. The molecule has 0 unspecified atom stereocenters. The van der Waals surface area contributed by atoms with Gasteiger partial charge in [0.25, 0.3) is 5.56 Å². The molecule has 3 aliphatic rings. The molecule has 0 radical (unpaired) electrons. The Morgan fingerprint density at radius 1 is 0.868 bits per heavy atom. The molecule has 38 heavy (non-hydrogen) atoms. The first-order valence-electron chi connectivity index (χ1n) is 13.0. The highest BCUT2D eigenvalue weighted by molar-refractivity contribution is 7.71. The maximum absolute atomic E-state index is 13.0. The number of carbonyl (C=O) groups excluding carboxylic acids is 1. The minimum atomic E-state index is -0.142. The Kier molecular flexibility index (Phi) is 6.94. The minimum absolute atomic E-state index is 0.142. The van der Waals surface area contributed by atoms with Crippen molar-refractivity contribution >= 4 is 29.0 Å². The SMILES string of the molecule is O=C(CCCCCn1c(=S)[nH]c2cc3c(cc2c1=O)OCO3)N1CCN(Cc2ccc3c(c2)OCO3)CC1. The molecule has 4 heterocycles. The normalized spacial score (nSPS) is 16.4. The Hall–Kier alpha value is -3.57. The Morgan fingerprint density at radius 3 is 2.37 bits per heavy atom. The molecular formula is C27H30N4O6S. The van der Waals surface area contributed by atoms with E-state index < -0.39 is 0 Å². The standard InChI is InChI=1S/C27H30N4O6S/c32-25(30-10-8-29(9-11-30)15-18-5-6-21-22(12-18)35-16-34-21)4-2-1-3-7-31-26(33)19-13-23-24(37-17-36-23)14-20(19)28-27(31)38/h5-6,12-14H,1-4,7-11,15-17H2,(H,28,38). The molecule has 0 saturated carbocycles. The summed E-state index contributed by atoms with van der Waals surface area (Å²) in [5, 5.41) is 0.524. The molecule has 3 aromatic rings. The van der Waals surface area contributed by atoms with Gasteiger partial charge in [-0.1, -0.05) is 12.5 Å². The number of nitrogens with zero attached hydrogens (tertiary/aromatic N) is 3. The summed E-state index contributed by atoms with van der Waals surface area (Å²) in [6, 6.07) is 9.52. The van der Waals surface area contributed by atoms with E-state index in [4.69, 9.17) is 31.2 Å². The smallest absolute Gasteiger partial charge is 0.262 e. The van der Waals surface area contributed by atoms with Gasteiger partial charge >= 0.3 is 0 Å². The van der Waals surface area contributed by atoms with Crippen LogP contribution in [-0.4, -0.2) is 65.0 Å². The molecule has 0 spiro atoms. The molecule has 11 heteroatoms. The fourth-order valence-corrected chi connectivity index (χ4v) is 5.46. The number of nitrogens with one attached hydrogen (secondary N) is 1. The van der Waals surface area contributed by atoms with Crippen LogP contribution < -0.4 is 24.5 Å². The van der Waals surface area contributed by atoms with Crippen molar-refractivity contribution in [2.75, 3.05) is 39.8 Å². The van der Waals surface area contributed by atoms with E-state index in [0.717, 1.165) is 63.5 Å². The monoisotopic (exact) mass is 538 g/mol. The average Bonchev–Trinajstić information content (AvgIpc) is 3.58. The quantitative estimate of drug-likeness (QED) is 0.344. The van der Waals surface area contributed by atoms with Crippen LogP contribution in [0.15, 0.2) is 35.1 Å². The number of benzene rings is 2. The number of hydrogen-bond acceptors (Lipinski definition) is 8. The van der Waals surface area contributed by atoms with E-state index >= 15 is 0 Å². The van der Waals surface area contributed by atoms with Crippen LogP contribution in [0.4, 0.5) is 0 Å². The lowest BCUT2D eigenvalue weighted by atomic mass is 10.1. The molecule has 1 saturated heterocycles. The molecule has 2 aromatic carbocycles. The van der Waals surface area contributed by atoms with Gasteiger partial charge in [-0.2, -0.15) is 0 Å². The van der Waals surface area contributed by atoms with Gasteiger partial charge in [-0.15, -0.1) is 0 Å². The fourth-order valence-electron chi connectivity index (χ4n) is 5.18. The molecule has 1 amide bonds. The van der Waals surface area contributed by atoms with Crippen molar-refractivity contribution in [3.8, 4) is 23.0 Å². The van der Waals surface area contributed by atoms with Gasteiger partial charge in [-0.05, 0) is 48.8 Å². The number of H-pyrrole nitrogens is 1. The Labute approximate surface area is 224 Å². The minimum Gasteiger partial charge on any atom is -0.454 e. The molecule has 1 aromatic heterocycles. The van der Waals surface area contributed by atoms with Crippen LogP contribution >= 0.6 is 12.2 Å². The number of aromatic nitrogens is 2. The number of rotatable bonds is 8. The summed E-state index contributed by atoms with van der Waals surface area (Å²) in [7, 11) is 0. The van der Waals surface area contributed by atoms with Gasteiger partial charge in [0.2, 0.25) is 19.5 Å². The zero-order chi connectivity index (χ0) is 26.1. The number of piperazine rings is 1. The van der Waals surface area contributed by atoms with Crippen molar-refractivity contribution in [3.63, 3.8) is 0 Å². The van der Waals surface area contributed by atoms with Crippen molar-refractivity contribution in [3.05, 3.63) is 51.0 Å². The third-order valence-electron chi connectivity index (χ3n) is 7.32. The predicted molar refractivity (Wildman–Crippen MR) is 142 cm³/mol. The van der Waals surface area contributed by atoms with Crippen molar-refractivity contribution < 1.29 is 23.7 Å². The second kappa shape index (κ2) is 10.7. The highest BCUT2D eigenvalue weighted by Crippen LogP contribution is 2.34. The first kappa shape index (κ1) is 24.7. The van der Waals surface area contributed by atoms with E-state index in [1.54, 1.807) is 16.7 Å². The Bertz CT molecular complexity index is 1480. The predicted octanol–water partition coefficient (Wildman–Crippen LogP) is 3.42. The van der Waals surface area contributed by atoms with Gasteiger partial charge in [-0.3, -0.25) is 19.1 Å². The number of amides is 1. The van der Waals surface area contributed by atoms with Crippen LogP contribution in [-0.2, 0) is 17.9 Å². The third kappa shape index (κ3) is 5.08. The van der Waals surface area contributed by atoms with E-state index in [9.17, 15) is 9.59 Å². The first-order chi connectivity index (χ1) is 18.5. The Balaban J connectivity index is 0.944. The molecule has 0 atom stereocenters. The van der Waals surface area contributed by atoms with Crippen molar-refractivity contribution in [1.29, 1.82) is 0 Å². The summed E-state index contributed by atoms with van der Waals surface area (Å²) >= 11 is 5.43. The zero-order valence-corrected chi connectivity index (χ0v) is 21.9. The highest BCUT2D eigenvalue weighted by Gasteiger charge is 2.22. The number of ether oxygens (including phenoxy) is 4. The topological polar surface area (TPSA) is 98.3 Å². The summed E-state index contributed by atoms with van der Waals surface area (Å²) in [6.45, 7) is 4.95. The van der Waals surface area contributed by atoms with Gasteiger partial charge in [0.15, 0.2) is 27.8 Å². The van der Waals surface area contributed by atoms with Crippen LogP contribution in [0.1, 0.15) is 31.2 Å². The van der Waals surface area contributed by atoms with Crippen LogP contribution in [0, 0.1) is 4.77 Å². The zero-order valence-electron chi connectivity index (χ0n) is 21.1. The Morgan fingerprint density at radius 2 is 1.58 bits per heavy atom. The van der Waals surface area contributed by atoms with E-state index in [1.807, 2.05) is 17.0 Å². The summed E-state index contributed by atoms with van der Waals surface area (Å²) in [4.78, 5) is 33.2. The van der Waals surface area contributed by atoms with Gasteiger partial charge in [0.1, 0.15) is 0 Å². The largest absolute Gasteiger partial charge is 0.454 e. The number of hydrogen-bond donors (Lipinski definition) is 1. The van der Waals surface area contributed by atoms with Crippen molar-refractivity contribution in [2.24, 2.45) is 0 Å². The molecule has 200 valence electrons. The van der Waals surface area contributed by atoms with Gasteiger partial charge in [-0.25, -0.2) is 0 Å². The second-order valence-corrected chi connectivity index (χ2v) is 10.2. The van der Waals surface area contributed by atoms with Gasteiger partial charge < -0.3 is 28.8 Å². The van der Waals surface area contributed by atoms with Crippen LogP contribution in [0.5, 0.6) is 23.0 Å². The maximum atomic E-state index is 13.0. The van der Waals surface area contributed by atoms with Crippen molar-refractivity contribution in [1.82, 2.24) is 19.4 Å². The van der Waals surface area contributed by atoms with Crippen LogP contribution in [0.25, 0.3) is 10.9 Å². The number of carbonyl (C=O) groups is 1. The molecule has 6 rings (SSSR count). The van der Waals surface area contributed by atoms with E-state index in [0.29, 0.717) is 40.1 Å². The molecule has 0 bridgehead atoms. The molecule has 10 nitrogen and oxygen atoms in total. The molecule has 0 aliphatic carbocycles. The number of unbranched alkanes of at least 4 members (excludes halogenated alkanes) is 2. The molecule has 1 N–H and O–H groups in total. The number of aromatic amines is 1. The lowest BCUT2D eigenvalue weighted by Gasteiger charge is -2.34. The maximum Gasteiger partial charge on any atom is 0.262 e. The molecular weight excluding hydrogens is 508 g/mol. The van der Waals surface area contributed by atoms with Crippen molar-refractivity contribution in [2.45, 2.75) is 38.8 Å². The second-order valence-electron chi connectivity index (χ2n) is 9.79. The van der Waals surface area contributed by atoms with Gasteiger partial charge in [0.05, 0.1) is 10.9 Å². The first-order valence-corrected chi connectivity index (χ1v) is 13.4. The lowest BCUT2D eigenvalue weighted by molar-refractivity contribution is -0.133. The summed E-state index contributed by atoms with van der Waals surface area (Å²) in [5.41, 5.74) is 1.68. The number of fused-ring (bicyclic) bond motifs is 3. The average molecular weight is 539 g/mol. The highest BCUT2D eigenvalue weighted by atomic mass is 32.1. The van der Waals surface area contributed by atoms with Crippen LogP contribution in [0.3, 0.4) is 0 Å². The van der Waals surface area contributed by atoms with Gasteiger partial charge in [0, 0.05) is 51.8 Å². The molecule has 1 fully saturated rings. The van der Waals surface area contributed by atoms with Crippen LogP contribution in [0.2, 0.25) is 0 Å². The lowest BCUT2D eigenvalue weighted by Crippen LogP contribution is -2.48. The summed E-state index contributed by atoms with van der Waals surface area (Å²) < 4.78 is 23.6. The molecule has 3 aliphatic heterocycles. The van der Waals surface area contributed by atoms with E-state index in [1.165, 1.54) is 5.56 Å². The van der Waals surface area contributed by atoms with E-state index in [2.05, 4.69) is 16.0 Å². The van der Waals surface area contributed by atoms with E-state index in [-0.39, 0.29) is 25.1 Å².